The normalized spacial score (nSPS) is 13.7. The summed E-state index contributed by atoms with van der Waals surface area (Å²) < 4.78 is 27.7. The van der Waals surface area contributed by atoms with Gasteiger partial charge in [-0.15, -0.1) is 0 Å². The summed E-state index contributed by atoms with van der Waals surface area (Å²) >= 11 is 5.68. The van der Waals surface area contributed by atoms with Crippen LogP contribution in [0.1, 0.15) is 18.1 Å². The van der Waals surface area contributed by atoms with Gasteiger partial charge in [0, 0.05) is 11.3 Å². The van der Waals surface area contributed by atoms with E-state index < -0.39 is 22.3 Å². The molecule has 0 bridgehead atoms. The van der Waals surface area contributed by atoms with Crippen LogP contribution in [0.25, 0.3) is 0 Å². The molecule has 0 amide bonds. The van der Waals surface area contributed by atoms with E-state index in [-0.39, 0.29) is 17.7 Å². The van der Waals surface area contributed by atoms with Crippen LogP contribution in [-0.4, -0.2) is 5.24 Å². The van der Waals surface area contributed by atoms with Gasteiger partial charge in [-0.25, -0.2) is 8.78 Å². The molecular formula is C16H14ClF2NO. The molecule has 0 spiro atoms. The van der Waals surface area contributed by atoms with Gasteiger partial charge in [0.2, 0.25) is 5.24 Å². The van der Waals surface area contributed by atoms with Crippen LogP contribution in [0, 0.1) is 11.6 Å². The fraction of sp³-hybridized carbons (Fsp3) is 0.188. The minimum atomic E-state index is -1.45. The van der Waals surface area contributed by atoms with E-state index in [0.717, 1.165) is 11.6 Å². The summed E-state index contributed by atoms with van der Waals surface area (Å²) in [5.74, 6) is -2.20. The Kier molecular flexibility index (Phi) is 4.28. The van der Waals surface area contributed by atoms with Gasteiger partial charge in [0.05, 0.1) is 5.41 Å². The summed E-state index contributed by atoms with van der Waals surface area (Å²) in [5, 5.41) is -0.789. The van der Waals surface area contributed by atoms with E-state index in [1.165, 1.54) is 13.0 Å². The number of hydrogen-bond acceptors (Lipinski definition) is 2. The highest BCUT2D eigenvalue weighted by atomic mass is 35.5. The molecule has 2 nitrogen and oxygen atoms in total. The van der Waals surface area contributed by atoms with Crippen LogP contribution < -0.4 is 5.73 Å². The van der Waals surface area contributed by atoms with Crippen molar-refractivity contribution in [1.82, 2.24) is 0 Å². The van der Waals surface area contributed by atoms with Gasteiger partial charge in [0.15, 0.2) is 11.6 Å². The van der Waals surface area contributed by atoms with Crippen molar-refractivity contribution in [1.29, 1.82) is 0 Å². The summed E-state index contributed by atoms with van der Waals surface area (Å²) in [4.78, 5) is 11.9. The third-order valence-corrected chi connectivity index (χ3v) is 3.93. The Bertz CT molecular complexity index is 675. The Labute approximate surface area is 126 Å². The van der Waals surface area contributed by atoms with Gasteiger partial charge >= 0.3 is 0 Å². The van der Waals surface area contributed by atoms with E-state index in [1.54, 1.807) is 24.3 Å². The smallest absolute Gasteiger partial charge is 0.232 e. The third-order valence-electron chi connectivity index (χ3n) is 3.51. The molecule has 5 heteroatoms. The van der Waals surface area contributed by atoms with Crippen LogP contribution in [0.4, 0.5) is 14.5 Å². The zero-order valence-corrected chi connectivity index (χ0v) is 12.1. The number of nitrogens with two attached hydrogens (primary N) is 1. The highest BCUT2D eigenvalue weighted by molar-refractivity contribution is 6.65. The standard InChI is InChI=1S/C16H14ClF2NO/c1-16(15(17)21,9-10-5-3-2-4-6-10)13-12(20)8-7-11(18)14(13)19/h2-8H,9,20H2,1H3. The monoisotopic (exact) mass is 309 g/mol. The highest BCUT2D eigenvalue weighted by Crippen LogP contribution is 2.37. The molecule has 2 aromatic rings. The summed E-state index contributed by atoms with van der Waals surface area (Å²) in [6.45, 7) is 1.46. The van der Waals surface area contributed by atoms with Crippen LogP contribution in [0.15, 0.2) is 42.5 Å². The van der Waals surface area contributed by atoms with Gasteiger partial charge in [-0.2, -0.15) is 0 Å². The number of hydrogen-bond donors (Lipinski definition) is 1. The van der Waals surface area contributed by atoms with E-state index in [9.17, 15) is 13.6 Å². The Hall–Kier alpha value is -1.94. The molecule has 110 valence electrons. The molecule has 0 fully saturated rings. The second kappa shape index (κ2) is 5.82. The minimum Gasteiger partial charge on any atom is -0.398 e. The first kappa shape index (κ1) is 15.4. The summed E-state index contributed by atoms with van der Waals surface area (Å²) in [7, 11) is 0. The van der Waals surface area contributed by atoms with Gasteiger partial charge in [0.1, 0.15) is 0 Å². The molecular weight excluding hydrogens is 296 g/mol. The Morgan fingerprint density at radius 2 is 1.81 bits per heavy atom. The molecule has 2 aromatic carbocycles. The fourth-order valence-corrected chi connectivity index (χ4v) is 2.55. The summed E-state index contributed by atoms with van der Waals surface area (Å²) in [5.41, 5.74) is 4.88. The molecule has 0 aliphatic carbocycles. The molecule has 0 saturated carbocycles. The lowest BCUT2D eigenvalue weighted by Crippen LogP contribution is -2.34. The quantitative estimate of drug-likeness (QED) is 0.689. The number of nitrogen functional groups attached to an aromatic ring is 1. The maximum Gasteiger partial charge on any atom is 0.232 e. The minimum absolute atomic E-state index is 0.00123. The molecule has 0 aliphatic rings. The molecule has 0 aliphatic heterocycles. The van der Waals surface area contributed by atoms with Crippen LogP contribution in [0.5, 0.6) is 0 Å². The fourth-order valence-electron chi connectivity index (χ4n) is 2.39. The number of halogens is 3. The molecule has 2 N–H and O–H groups in total. The predicted molar refractivity (Wildman–Crippen MR) is 79.1 cm³/mol. The number of benzene rings is 2. The van der Waals surface area contributed by atoms with Crippen molar-refractivity contribution >= 4 is 22.5 Å². The zero-order valence-electron chi connectivity index (χ0n) is 11.4. The van der Waals surface area contributed by atoms with E-state index in [0.29, 0.717) is 0 Å². The number of anilines is 1. The van der Waals surface area contributed by atoms with E-state index >= 15 is 0 Å². The van der Waals surface area contributed by atoms with Crippen LogP contribution in [0.2, 0.25) is 0 Å². The molecule has 2 rings (SSSR count). The maximum atomic E-state index is 14.2. The number of rotatable bonds is 4. The number of carbonyl (C=O) groups is 1. The van der Waals surface area contributed by atoms with Gasteiger partial charge in [-0.05, 0) is 42.6 Å². The third kappa shape index (κ3) is 2.90. The van der Waals surface area contributed by atoms with Crippen molar-refractivity contribution in [2.24, 2.45) is 0 Å². The maximum absolute atomic E-state index is 14.2. The van der Waals surface area contributed by atoms with Crippen molar-refractivity contribution in [3.05, 3.63) is 65.2 Å². The number of carbonyl (C=O) groups excluding carboxylic acids is 1. The lowest BCUT2D eigenvalue weighted by Gasteiger charge is -2.28. The van der Waals surface area contributed by atoms with Gasteiger partial charge in [0.25, 0.3) is 0 Å². The SMILES string of the molecule is CC(Cc1ccccc1)(C(=O)Cl)c1c(N)ccc(F)c1F. The van der Waals surface area contributed by atoms with Crippen LogP contribution in [0.3, 0.4) is 0 Å². The van der Waals surface area contributed by atoms with Gasteiger partial charge < -0.3 is 5.73 Å². The average Bonchev–Trinajstić information content (AvgIpc) is 2.44. The van der Waals surface area contributed by atoms with Gasteiger partial charge in [-0.1, -0.05) is 30.3 Å². The Morgan fingerprint density at radius 1 is 1.19 bits per heavy atom. The Balaban J connectivity index is 2.58. The summed E-state index contributed by atoms with van der Waals surface area (Å²) in [6.07, 6.45) is 0.126. The zero-order chi connectivity index (χ0) is 15.6. The first-order valence-electron chi connectivity index (χ1n) is 6.34. The highest BCUT2D eigenvalue weighted by Gasteiger charge is 2.39. The van der Waals surface area contributed by atoms with E-state index in [2.05, 4.69) is 0 Å². The van der Waals surface area contributed by atoms with Crippen LogP contribution >= 0.6 is 11.6 Å². The predicted octanol–water partition coefficient (Wildman–Crippen LogP) is 3.81. The second-order valence-corrected chi connectivity index (χ2v) is 5.44. The molecule has 1 unspecified atom stereocenters. The molecule has 0 aromatic heterocycles. The van der Waals surface area contributed by atoms with Crippen molar-refractivity contribution in [2.75, 3.05) is 5.73 Å². The van der Waals surface area contributed by atoms with Crippen molar-refractivity contribution in [3.8, 4) is 0 Å². The average molecular weight is 310 g/mol. The Morgan fingerprint density at radius 3 is 2.38 bits per heavy atom. The first-order valence-corrected chi connectivity index (χ1v) is 6.72. The first-order chi connectivity index (χ1) is 9.86. The molecule has 1 atom stereocenters. The molecule has 0 radical (unpaired) electrons. The lowest BCUT2D eigenvalue weighted by molar-refractivity contribution is -0.116. The van der Waals surface area contributed by atoms with Crippen molar-refractivity contribution < 1.29 is 13.6 Å². The molecule has 0 heterocycles. The van der Waals surface area contributed by atoms with E-state index in [4.69, 9.17) is 17.3 Å². The van der Waals surface area contributed by atoms with Crippen molar-refractivity contribution in [3.63, 3.8) is 0 Å². The molecule has 21 heavy (non-hydrogen) atoms. The van der Waals surface area contributed by atoms with Crippen LogP contribution in [-0.2, 0) is 16.6 Å². The second-order valence-electron chi connectivity index (χ2n) is 5.09. The molecule has 0 saturated heterocycles. The topological polar surface area (TPSA) is 43.1 Å². The largest absolute Gasteiger partial charge is 0.398 e. The van der Waals surface area contributed by atoms with Crippen molar-refractivity contribution in [2.45, 2.75) is 18.8 Å². The lowest BCUT2D eigenvalue weighted by atomic mass is 9.77. The summed E-state index contributed by atoms with van der Waals surface area (Å²) in [6, 6.07) is 11.1. The van der Waals surface area contributed by atoms with Gasteiger partial charge in [-0.3, -0.25) is 4.79 Å². The van der Waals surface area contributed by atoms with E-state index in [1.807, 2.05) is 6.07 Å².